The van der Waals surface area contributed by atoms with Crippen LogP contribution in [0.15, 0.2) is 34.5 Å². The van der Waals surface area contributed by atoms with Crippen LogP contribution in [-0.2, 0) is 0 Å². The average Bonchev–Trinajstić information content (AvgIpc) is 2.26. The number of hydrazine groups is 1. The molecule has 0 bridgehead atoms. The van der Waals surface area contributed by atoms with Gasteiger partial charge in [0.2, 0.25) is 0 Å². The Balaban J connectivity index is 2.65. The van der Waals surface area contributed by atoms with Crippen molar-refractivity contribution >= 4 is 12.2 Å². The van der Waals surface area contributed by atoms with Crippen LogP contribution in [0.2, 0.25) is 0 Å². The Kier molecular flexibility index (Phi) is 4.13. The van der Waals surface area contributed by atoms with Crippen molar-refractivity contribution in [3.05, 3.63) is 30.1 Å². The summed E-state index contributed by atoms with van der Waals surface area (Å²) in [4.78, 5) is 11.8. The molecule has 0 aliphatic rings. The largest absolute Gasteiger partial charge is 0.289 e. The summed E-state index contributed by atoms with van der Waals surface area (Å²) in [7, 11) is 3.40. The highest BCUT2D eigenvalue weighted by Crippen LogP contribution is 1.95. The van der Waals surface area contributed by atoms with Crippen molar-refractivity contribution < 1.29 is 0 Å². The lowest BCUT2D eigenvalue weighted by atomic mass is 10.2. The molecular weight excluding hydrogens is 178 g/mol. The second kappa shape index (κ2) is 5.69. The normalized spacial score (nSPS) is 11.7. The van der Waals surface area contributed by atoms with Crippen LogP contribution in [0.5, 0.6) is 0 Å². The molecule has 74 valence electrons. The van der Waals surface area contributed by atoms with Gasteiger partial charge in [-0.25, -0.2) is 0 Å². The fourth-order valence-electron chi connectivity index (χ4n) is 0.932. The fraction of sp³-hybridized carbons (Fsp3) is 0.222. The molecule has 1 rings (SSSR count). The van der Waals surface area contributed by atoms with Gasteiger partial charge in [-0.3, -0.25) is 25.8 Å². The molecule has 0 spiro atoms. The summed E-state index contributed by atoms with van der Waals surface area (Å²) in [5.74, 6) is 0.743. The summed E-state index contributed by atoms with van der Waals surface area (Å²) in [6.45, 7) is 0. The van der Waals surface area contributed by atoms with E-state index in [2.05, 4.69) is 25.8 Å². The smallest absolute Gasteiger partial charge is 0.146 e. The zero-order chi connectivity index (χ0) is 10.2. The van der Waals surface area contributed by atoms with E-state index in [0.29, 0.717) is 0 Å². The topological polar surface area (TPSA) is 61.7 Å². The first-order valence-electron chi connectivity index (χ1n) is 4.18. The molecule has 5 nitrogen and oxygen atoms in total. The van der Waals surface area contributed by atoms with E-state index in [1.54, 1.807) is 32.8 Å². The predicted octanol–water partition coefficient (Wildman–Crippen LogP) is 0.210. The molecule has 0 fully saturated rings. The molecule has 0 unspecified atom stereocenters. The van der Waals surface area contributed by atoms with Gasteiger partial charge in [0.15, 0.2) is 0 Å². The van der Waals surface area contributed by atoms with Crippen LogP contribution < -0.4 is 10.9 Å². The van der Waals surface area contributed by atoms with Crippen LogP contribution in [0.1, 0.15) is 5.56 Å². The number of nitrogens with one attached hydrogen (secondary N) is 2. The monoisotopic (exact) mass is 191 g/mol. The summed E-state index contributed by atoms with van der Waals surface area (Å²) < 4.78 is 0. The molecule has 1 aromatic rings. The first kappa shape index (κ1) is 10.2. The second-order valence-corrected chi connectivity index (χ2v) is 2.46. The van der Waals surface area contributed by atoms with Gasteiger partial charge in [-0.1, -0.05) is 0 Å². The molecule has 0 aliphatic carbocycles. The van der Waals surface area contributed by atoms with E-state index in [1.165, 1.54) is 0 Å². The van der Waals surface area contributed by atoms with Gasteiger partial charge in [-0.05, 0) is 12.1 Å². The molecular formula is C9H13N5. The lowest BCUT2D eigenvalue weighted by molar-refractivity contribution is 0.876. The number of aromatic nitrogens is 1. The molecule has 5 heteroatoms. The third-order valence-corrected chi connectivity index (χ3v) is 1.56. The lowest BCUT2D eigenvalue weighted by Crippen LogP contribution is -2.36. The number of hydrogen-bond donors (Lipinski definition) is 2. The van der Waals surface area contributed by atoms with E-state index in [9.17, 15) is 0 Å². The minimum Gasteiger partial charge on any atom is -0.289 e. The van der Waals surface area contributed by atoms with E-state index in [1.807, 2.05) is 12.1 Å². The molecule has 2 N–H and O–H groups in total. The Morgan fingerprint density at radius 2 is 2.07 bits per heavy atom. The highest BCUT2D eigenvalue weighted by atomic mass is 15.4. The maximum atomic E-state index is 4.08. The summed E-state index contributed by atoms with van der Waals surface area (Å²) in [6.07, 6.45) is 4.98. The SMILES string of the molecule is CN=CNNC(=NC)c1ccncc1. The van der Waals surface area contributed by atoms with Crippen LogP contribution in [0.3, 0.4) is 0 Å². The standard InChI is InChI=1S/C9H13N5/c1-10-7-13-14-9(11-2)8-3-5-12-6-4-8/h3-7H,1-2H3,(H,10,13)(H,11,14). The number of pyridine rings is 1. The van der Waals surface area contributed by atoms with Crippen LogP contribution in [0.4, 0.5) is 0 Å². The fourth-order valence-corrected chi connectivity index (χ4v) is 0.932. The molecule has 1 aromatic heterocycles. The summed E-state index contributed by atoms with van der Waals surface area (Å²) in [5.41, 5.74) is 6.67. The van der Waals surface area contributed by atoms with Gasteiger partial charge < -0.3 is 0 Å². The maximum Gasteiger partial charge on any atom is 0.146 e. The first-order chi connectivity index (χ1) is 6.88. The number of aliphatic imine (C=N–C) groups is 2. The summed E-state index contributed by atoms with van der Waals surface area (Å²) >= 11 is 0. The molecule has 14 heavy (non-hydrogen) atoms. The van der Waals surface area contributed by atoms with Crippen LogP contribution in [0, 0.1) is 0 Å². The molecule has 1 heterocycles. The zero-order valence-corrected chi connectivity index (χ0v) is 8.23. The van der Waals surface area contributed by atoms with Crippen molar-refractivity contribution in [1.29, 1.82) is 0 Å². The molecule has 0 saturated carbocycles. The predicted molar refractivity (Wildman–Crippen MR) is 57.4 cm³/mol. The van der Waals surface area contributed by atoms with Gasteiger partial charge in [0.1, 0.15) is 12.2 Å². The lowest BCUT2D eigenvalue weighted by Gasteiger charge is -2.07. The van der Waals surface area contributed by atoms with Crippen LogP contribution in [-0.4, -0.2) is 31.3 Å². The number of amidine groups is 1. The van der Waals surface area contributed by atoms with E-state index in [-0.39, 0.29) is 0 Å². The Hall–Kier alpha value is -1.91. The summed E-state index contributed by atoms with van der Waals surface area (Å²) in [5, 5.41) is 0. The number of rotatable bonds is 3. The van der Waals surface area contributed by atoms with Crippen molar-refractivity contribution in [2.75, 3.05) is 14.1 Å². The van der Waals surface area contributed by atoms with E-state index in [0.717, 1.165) is 11.4 Å². The van der Waals surface area contributed by atoms with Gasteiger partial charge in [0, 0.05) is 32.1 Å². The maximum absolute atomic E-state index is 4.08. The van der Waals surface area contributed by atoms with E-state index in [4.69, 9.17) is 0 Å². The molecule has 0 aromatic carbocycles. The molecule has 0 radical (unpaired) electrons. The molecule has 0 amide bonds. The van der Waals surface area contributed by atoms with Gasteiger partial charge in [0.05, 0.1) is 0 Å². The number of nitrogens with zero attached hydrogens (tertiary/aromatic N) is 3. The Morgan fingerprint density at radius 3 is 2.64 bits per heavy atom. The van der Waals surface area contributed by atoms with Crippen molar-refractivity contribution in [2.24, 2.45) is 9.98 Å². The molecule has 0 aliphatic heterocycles. The van der Waals surface area contributed by atoms with Gasteiger partial charge in [0.25, 0.3) is 0 Å². The number of hydrogen-bond acceptors (Lipinski definition) is 3. The highest BCUT2D eigenvalue weighted by Gasteiger charge is 1.98. The molecule has 0 saturated heterocycles. The first-order valence-corrected chi connectivity index (χ1v) is 4.18. The van der Waals surface area contributed by atoms with Crippen molar-refractivity contribution in [1.82, 2.24) is 15.8 Å². The van der Waals surface area contributed by atoms with Crippen molar-refractivity contribution in [3.63, 3.8) is 0 Å². The highest BCUT2D eigenvalue weighted by molar-refractivity contribution is 5.98. The third-order valence-electron chi connectivity index (χ3n) is 1.56. The quantitative estimate of drug-likeness (QED) is 0.408. The zero-order valence-electron chi connectivity index (χ0n) is 8.23. The minimum atomic E-state index is 0.743. The van der Waals surface area contributed by atoms with Crippen LogP contribution >= 0.6 is 0 Å². The van der Waals surface area contributed by atoms with Gasteiger partial charge >= 0.3 is 0 Å². The third kappa shape index (κ3) is 2.85. The molecule has 0 atom stereocenters. The van der Waals surface area contributed by atoms with E-state index < -0.39 is 0 Å². The van der Waals surface area contributed by atoms with Crippen LogP contribution in [0.25, 0.3) is 0 Å². The Morgan fingerprint density at radius 1 is 1.36 bits per heavy atom. The Labute approximate surface area is 83.0 Å². The van der Waals surface area contributed by atoms with Gasteiger partial charge in [-0.2, -0.15) is 0 Å². The minimum absolute atomic E-state index is 0.743. The van der Waals surface area contributed by atoms with E-state index >= 15 is 0 Å². The van der Waals surface area contributed by atoms with Gasteiger partial charge in [-0.15, -0.1) is 0 Å². The Bertz CT molecular complexity index is 317. The summed E-state index contributed by atoms with van der Waals surface area (Å²) in [6, 6.07) is 3.75. The van der Waals surface area contributed by atoms with Crippen molar-refractivity contribution in [2.45, 2.75) is 0 Å². The van der Waals surface area contributed by atoms with Crippen molar-refractivity contribution in [3.8, 4) is 0 Å². The average molecular weight is 191 g/mol. The second-order valence-electron chi connectivity index (χ2n) is 2.46.